The quantitative estimate of drug-likeness (QED) is 0.198. The van der Waals surface area contributed by atoms with Crippen molar-refractivity contribution in [3.8, 4) is 0 Å². The molecule has 1 nitrogen and oxygen atoms in total. The minimum atomic E-state index is 0. The van der Waals surface area contributed by atoms with E-state index in [0.29, 0.717) is 6.29 Å². The standard InChI is InChI=1S/C3H4O.K/c1-2-3-4;/h2-3H,1H2;/q;+1. The summed E-state index contributed by atoms with van der Waals surface area (Å²) in [6.45, 7) is 3.11. The van der Waals surface area contributed by atoms with E-state index in [1.807, 2.05) is 0 Å². The monoisotopic (exact) mass is 95.0 g/mol. The number of allylic oxidation sites excluding steroid dienone is 1. The van der Waals surface area contributed by atoms with Crippen LogP contribution in [0.4, 0.5) is 0 Å². The van der Waals surface area contributed by atoms with Crippen LogP contribution in [0.25, 0.3) is 0 Å². The summed E-state index contributed by atoms with van der Waals surface area (Å²) in [7, 11) is 0. The van der Waals surface area contributed by atoms with Crippen molar-refractivity contribution in [1.29, 1.82) is 0 Å². The summed E-state index contributed by atoms with van der Waals surface area (Å²) in [5, 5.41) is 0. The summed E-state index contributed by atoms with van der Waals surface area (Å²) in [6, 6.07) is 0. The number of carbonyl (C=O) groups excluding carboxylic acids is 1. The molecule has 0 radical (unpaired) electrons. The zero-order chi connectivity index (χ0) is 3.41. The topological polar surface area (TPSA) is 17.1 Å². The maximum Gasteiger partial charge on any atom is 1.00 e. The Balaban J connectivity index is 0. The van der Waals surface area contributed by atoms with Gasteiger partial charge in [-0.15, -0.1) is 0 Å². The zero-order valence-corrected chi connectivity index (χ0v) is 6.39. The minimum absolute atomic E-state index is 0. The van der Waals surface area contributed by atoms with E-state index in [4.69, 9.17) is 4.79 Å². The fourth-order valence-corrected chi connectivity index (χ4v) is 0. The summed E-state index contributed by atoms with van der Waals surface area (Å²) >= 11 is 0. The molecule has 0 atom stereocenters. The molecular formula is C3H4KO+. The number of carbonyl (C=O) groups is 1. The van der Waals surface area contributed by atoms with Gasteiger partial charge in [0.1, 0.15) is 6.29 Å². The van der Waals surface area contributed by atoms with Gasteiger partial charge >= 0.3 is 51.4 Å². The number of aldehydes is 1. The zero-order valence-electron chi connectivity index (χ0n) is 3.27. The SMILES string of the molecule is C=CC=O.[K+]. The Kier molecular flexibility index (Phi) is 16.7. The maximum atomic E-state index is 9.06. The Hall–Kier alpha value is 1.05. The van der Waals surface area contributed by atoms with Crippen LogP contribution in [0.5, 0.6) is 0 Å². The number of hydrogen-bond acceptors (Lipinski definition) is 1. The third kappa shape index (κ3) is 11.2. The molecule has 0 aliphatic rings. The van der Waals surface area contributed by atoms with Gasteiger partial charge in [-0.3, -0.25) is 4.79 Å². The van der Waals surface area contributed by atoms with Crippen LogP contribution in [-0.2, 0) is 4.79 Å². The minimum Gasteiger partial charge on any atom is -0.299 e. The molecule has 0 aromatic rings. The van der Waals surface area contributed by atoms with Gasteiger partial charge in [0, 0.05) is 0 Å². The summed E-state index contributed by atoms with van der Waals surface area (Å²) < 4.78 is 0. The van der Waals surface area contributed by atoms with Crippen molar-refractivity contribution in [1.82, 2.24) is 0 Å². The van der Waals surface area contributed by atoms with Gasteiger partial charge < -0.3 is 0 Å². The Morgan fingerprint density at radius 1 is 1.60 bits per heavy atom. The van der Waals surface area contributed by atoms with Crippen molar-refractivity contribution >= 4 is 6.29 Å². The van der Waals surface area contributed by atoms with Crippen LogP contribution in [0.2, 0.25) is 0 Å². The first-order valence-corrected chi connectivity index (χ1v) is 0.977. The second-order valence-electron chi connectivity index (χ2n) is 0.372. The molecule has 0 aromatic carbocycles. The average molecular weight is 95.2 g/mol. The van der Waals surface area contributed by atoms with Crippen molar-refractivity contribution in [3.05, 3.63) is 12.7 Å². The third-order valence-corrected chi connectivity index (χ3v) is 0.0962. The molecule has 0 aliphatic heterocycles. The van der Waals surface area contributed by atoms with Gasteiger partial charge in [-0.1, -0.05) is 6.58 Å². The van der Waals surface area contributed by atoms with Crippen molar-refractivity contribution in [2.24, 2.45) is 0 Å². The smallest absolute Gasteiger partial charge is 0.299 e. The first-order chi connectivity index (χ1) is 1.91. The number of hydrogen-bond donors (Lipinski definition) is 0. The van der Waals surface area contributed by atoms with E-state index < -0.39 is 0 Å². The molecule has 2 heteroatoms. The van der Waals surface area contributed by atoms with Gasteiger partial charge in [-0.2, -0.15) is 0 Å². The summed E-state index contributed by atoms with van der Waals surface area (Å²) in [5.74, 6) is 0. The van der Waals surface area contributed by atoms with Gasteiger partial charge in [0.05, 0.1) is 0 Å². The molecule has 0 aliphatic carbocycles. The fourth-order valence-electron chi connectivity index (χ4n) is 0. The Morgan fingerprint density at radius 2 is 1.80 bits per heavy atom. The molecule has 22 valence electrons. The third-order valence-electron chi connectivity index (χ3n) is 0.0962. The molecule has 5 heavy (non-hydrogen) atoms. The van der Waals surface area contributed by atoms with E-state index in [-0.39, 0.29) is 51.4 Å². The molecule has 0 aromatic heterocycles. The van der Waals surface area contributed by atoms with Crippen LogP contribution < -0.4 is 51.4 Å². The molecule has 0 fully saturated rings. The average Bonchev–Trinajstić information content (AvgIpc) is 1.37. The summed E-state index contributed by atoms with van der Waals surface area (Å²) in [6.07, 6.45) is 1.83. The molecule has 0 bridgehead atoms. The van der Waals surface area contributed by atoms with Gasteiger partial charge in [0.2, 0.25) is 0 Å². The van der Waals surface area contributed by atoms with Crippen LogP contribution in [-0.4, -0.2) is 6.29 Å². The van der Waals surface area contributed by atoms with E-state index in [2.05, 4.69) is 6.58 Å². The van der Waals surface area contributed by atoms with Gasteiger partial charge in [0.25, 0.3) is 0 Å². The molecular weight excluding hydrogens is 91.1 g/mol. The van der Waals surface area contributed by atoms with Crippen LogP contribution in [0.3, 0.4) is 0 Å². The predicted octanol–water partition coefficient (Wildman–Crippen LogP) is -2.62. The normalized spacial score (nSPS) is 4.00. The largest absolute Gasteiger partial charge is 1.00 e. The van der Waals surface area contributed by atoms with Gasteiger partial charge in [0.15, 0.2) is 0 Å². The van der Waals surface area contributed by atoms with Crippen LogP contribution in [0, 0.1) is 0 Å². The van der Waals surface area contributed by atoms with Gasteiger partial charge in [-0.25, -0.2) is 0 Å². The molecule has 0 unspecified atom stereocenters. The molecule has 0 rings (SSSR count). The molecule has 0 amide bonds. The van der Waals surface area contributed by atoms with Crippen LogP contribution >= 0.6 is 0 Å². The van der Waals surface area contributed by atoms with E-state index in [1.54, 1.807) is 0 Å². The predicted molar refractivity (Wildman–Crippen MR) is 16.3 cm³/mol. The Bertz CT molecular complexity index is 27.9. The molecule has 0 N–H and O–H groups in total. The number of rotatable bonds is 1. The first kappa shape index (κ1) is 9.40. The van der Waals surface area contributed by atoms with E-state index in [1.165, 1.54) is 6.08 Å². The van der Waals surface area contributed by atoms with Crippen LogP contribution in [0.15, 0.2) is 12.7 Å². The first-order valence-electron chi connectivity index (χ1n) is 0.977. The van der Waals surface area contributed by atoms with E-state index >= 15 is 0 Å². The Labute approximate surface area is 73.9 Å². The molecule has 0 heterocycles. The van der Waals surface area contributed by atoms with Gasteiger partial charge in [-0.05, 0) is 6.08 Å². The van der Waals surface area contributed by atoms with Crippen molar-refractivity contribution in [3.63, 3.8) is 0 Å². The van der Waals surface area contributed by atoms with E-state index in [9.17, 15) is 0 Å². The van der Waals surface area contributed by atoms with Crippen molar-refractivity contribution in [2.45, 2.75) is 0 Å². The summed E-state index contributed by atoms with van der Waals surface area (Å²) in [4.78, 5) is 9.06. The molecule has 0 spiro atoms. The van der Waals surface area contributed by atoms with E-state index in [0.717, 1.165) is 0 Å². The van der Waals surface area contributed by atoms with Crippen molar-refractivity contribution < 1.29 is 56.2 Å². The fraction of sp³-hybridized carbons (Fsp3) is 0. The Morgan fingerprint density at radius 3 is 1.80 bits per heavy atom. The second kappa shape index (κ2) is 8.90. The maximum absolute atomic E-state index is 9.06. The molecule has 0 saturated carbocycles. The summed E-state index contributed by atoms with van der Waals surface area (Å²) in [5.41, 5.74) is 0. The molecule has 0 saturated heterocycles. The van der Waals surface area contributed by atoms with Crippen molar-refractivity contribution in [2.75, 3.05) is 0 Å². The second-order valence-corrected chi connectivity index (χ2v) is 0.372. The van der Waals surface area contributed by atoms with Crippen LogP contribution in [0.1, 0.15) is 0 Å².